The first-order chi connectivity index (χ1) is 9.78. The molecule has 0 bridgehead atoms. The monoisotopic (exact) mass is 294 g/mol. The van der Waals surface area contributed by atoms with Gasteiger partial charge in [0.15, 0.2) is 0 Å². The molecule has 1 aliphatic rings. The van der Waals surface area contributed by atoms with Gasteiger partial charge in [-0.1, -0.05) is 0 Å². The van der Waals surface area contributed by atoms with Crippen LogP contribution in [0.1, 0.15) is 58.3 Å². The molecule has 2 rings (SSSR count). The van der Waals surface area contributed by atoms with Crippen LogP contribution in [-0.4, -0.2) is 39.5 Å². The molecule has 1 atom stereocenters. The lowest BCUT2D eigenvalue weighted by Gasteiger charge is -2.34. The van der Waals surface area contributed by atoms with Crippen LogP contribution in [-0.2, 0) is 4.74 Å². The lowest BCUT2D eigenvalue weighted by atomic mass is 10.0. The molecule has 1 aromatic rings. The Kier molecular flexibility index (Phi) is 4.56. The average molecular weight is 294 g/mol. The van der Waals surface area contributed by atoms with Gasteiger partial charge in [0.25, 0.3) is 0 Å². The minimum atomic E-state index is -0.446. The number of nitrogens with zero attached hydrogens (tertiary/aromatic N) is 3. The van der Waals surface area contributed by atoms with Crippen molar-refractivity contribution in [2.45, 2.75) is 58.2 Å². The number of piperidine rings is 1. The van der Waals surface area contributed by atoms with E-state index in [2.05, 4.69) is 5.10 Å². The van der Waals surface area contributed by atoms with Gasteiger partial charge in [-0.15, -0.1) is 0 Å². The van der Waals surface area contributed by atoms with E-state index in [1.807, 2.05) is 38.4 Å². The van der Waals surface area contributed by atoms with Gasteiger partial charge >= 0.3 is 6.09 Å². The second-order valence-electron chi connectivity index (χ2n) is 6.69. The van der Waals surface area contributed by atoms with E-state index in [0.29, 0.717) is 19.1 Å². The maximum Gasteiger partial charge on any atom is 0.410 e. The van der Waals surface area contributed by atoms with Gasteiger partial charge in [0.05, 0.1) is 11.7 Å². The van der Waals surface area contributed by atoms with Gasteiger partial charge in [-0.3, -0.25) is 4.68 Å². The maximum absolute atomic E-state index is 12.0. The predicted octanol–water partition coefficient (Wildman–Crippen LogP) is 2.47. The van der Waals surface area contributed by atoms with Crippen molar-refractivity contribution in [1.82, 2.24) is 14.7 Å². The van der Waals surface area contributed by atoms with E-state index in [1.165, 1.54) is 0 Å². The molecule has 21 heavy (non-hydrogen) atoms. The van der Waals surface area contributed by atoms with Crippen molar-refractivity contribution >= 4 is 6.09 Å². The molecule has 0 aromatic carbocycles. The summed E-state index contributed by atoms with van der Waals surface area (Å²) in [6.07, 6.45) is 3.31. The number of rotatable bonds is 2. The number of ether oxygens (including phenoxy) is 1. The quantitative estimate of drug-likeness (QED) is 0.909. The van der Waals surface area contributed by atoms with Crippen LogP contribution in [0.4, 0.5) is 4.79 Å². The smallest absolute Gasteiger partial charge is 0.410 e. The standard InChI is InChI=1S/C15H26N4O2/c1-11(16)13-5-8-17-19(13)12-6-9-18(10-7-12)14(20)21-15(2,3)4/h5,8,11-12H,6-7,9-10,16H2,1-4H3. The van der Waals surface area contributed by atoms with Crippen molar-refractivity contribution < 1.29 is 9.53 Å². The van der Waals surface area contributed by atoms with Crippen LogP contribution in [0.5, 0.6) is 0 Å². The van der Waals surface area contributed by atoms with E-state index in [4.69, 9.17) is 10.5 Å². The molecule has 1 amide bonds. The van der Waals surface area contributed by atoms with E-state index in [-0.39, 0.29) is 12.1 Å². The molecule has 0 aliphatic carbocycles. The first kappa shape index (κ1) is 15.8. The summed E-state index contributed by atoms with van der Waals surface area (Å²) < 4.78 is 7.42. The first-order valence-electron chi connectivity index (χ1n) is 7.55. The van der Waals surface area contributed by atoms with E-state index in [0.717, 1.165) is 18.5 Å². The number of amides is 1. The Bertz CT molecular complexity index is 482. The van der Waals surface area contributed by atoms with E-state index in [1.54, 1.807) is 11.1 Å². The van der Waals surface area contributed by atoms with Crippen LogP contribution in [0.2, 0.25) is 0 Å². The molecule has 1 unspecified atom stereocenters. The predicted molar refractivity (Wildman–Crippen MR) is 80.9 cm³/mol. The molecule has 6 nitrogen and oxygen atoms in total. The van der Waals surface area contributed by atoms with Crippen LogP contribution in [0.3, 0.4) is 0 Å². The van der Waals surface area contributed by atoms with Crippen molar-refractivity contribution in [3.63, 3.8) is 0 Å². The van der Waals surface area contributed by atoms with Crippen molar-refractivity contribution in [3.8, 4) is 0 Å². The third-order valence-electron chi connectivity index (χ3n) is 3.63. The molecular weight excluding hydrogens is 268 g/mol. The summed E-state index contributed by atoms with van der Waals surface area (Å²) in [5.74, 6) is 0. The minimum Gasteiger partial charge on any atom is -0.444 e. The second kappa shape index (κ2) is 6.05. The summed E-state index contributed by atoms with van der Waals surface area (Å²) in [7, 11) is 0. The molecule has 6 heteroatoms. The molecule has 118 valence electrons. The minimum absolute atomic E-state index is 0.0311. The topological polar surface area (TPSA) is 73.4 Å². The molecule has 1 aromatic heterocycles. The highest BCUT2D eigenvalue weighted by Gasteiger charge is 2.28. The normalized spacial score (nSPS) is 18.6. The molecule has 0 spiro atoms. The fourth-order valence-corrected chi connectivity index (χ4v) is 2.61. The third kappa shape index (κ3) is 3.97. The number of hydrogen-bond acceptors (Lipinski definition) is 4. The zero-order valence-electron chi connectivity index (χ0n) is 13.4. The first-order valence-corrected chi connectivity index (χ1v) is 7.55. The summed E-state index contributed by atoms with van der Waals surface area (Å²) >= 11 is 0. The molecule has 2 N–H and O–H groups in total. The van der Waals surface area contributed by atoms with E-state index < -0.39 is 5.60 Å². The van der Waals surface area contributed by atoms with Gasteiger partial charge in [-0.25, -0.2) is 4.79 Å². The Morgan fingerprint density at radius 2 is 2.05 bits per heavy atom. The molecule has 1 saturated heterocycles. The summed E-state index contributed by atoms with van der Waals surface area (Å²) in [5, 5.41) is 4.39. The van der Waals surface area contributed by atoms with Gasteiger partial charge in [0.2, 0.25) is 0 Å². The summed E-state index contributed by atoms with van der Waals surface area (Å²) in [6, 6.07) is 2.24. The highest BCUT2D eigenvalue weighted by atomic mass is 16.6. The molecule has 0 radical (unpaired) electrons. The third-order valence-corrected chi connectivity index (χ3v) is 3.63. The lowest BCUT2D eigenvalue weighted by Crippen LogP contribution is -2.42. The molecule has 2 heterocycles. The number of hydrogen-bond donors (Lipinski definition) is 1. The molecule has 1 fully saturated rings. The van der Waals surface area contributed by atoms with Crippen LogP contribution < -0.4 is 5.73 Å². The summed E-state index contributed by atoms with van der Waals surface area (Å²) in [6.45, 7) is 9.00. The highest BCUT2D eigenvalue weighted by molar-refractivity contribution is 5.68. The Morgan fingerprint density at radius 1 is 1.43 bits per heavy atom. The van der Waals surface area contributed by atoms with Gasteiger partial charge in [0, 0.05) is 25.3 Å². The molecular formula is C15H26N4O2. The van der Waals surface area contributed by atoms with Crippen LogP contribution >= 0.6 is 0 Å². The number of carbonyl (C=O) groups is 1. The van der Waals surface area contributed by atoms with Crippen molar-refractivity contribution in [1.29, 1.82) is 0 Å². The lowest BCUT2D eigenvalue weighted by molar-refractivity contribution is 0.0183. The van der Waals surface area contributed by atoms with Gasteiger partial charge in [-0.2, -0.15) is 5.10 Å². The SMILES string of the molecule is CC(N)c1ccnn1C1CCN(C(=O)OC(C)(C)C)CC1. The number of nitrogens with two attached hydrogens (primary N) is 1. The Morgan fingerprint density at radius 3 is 2.57 bits per heavy atom. The van der Waals surface area contributed by atoms with E-state index >= 15 is 0 Å². The Hall–Kier alpha value is -1.56. The average Bonchev–Trinajstić information content (AvgIpc) is 2.86. The van der Waals surface area contributed by atoms with Crippen molar-refractivity contribution in [2.75, 3.05) is 13.1 Å². The second-order valence-corrected chi connectivity index (χ2v) is 6.69. The number of carbonyl (C=O) groups excluding carboxylic acids is 1. The van der Waals surface area contributed by atoms with Crippen molar-refractivity contribution in [3.05, 3.63) is 18.0 Å². The van der Waals surface area contributed by atoms with Crippen LogP contribution in [0.25, 0.3) is 0 Å². The molecule has 1 aliphatic heterocycles. The highest BCUT2D eigenvalue weighted by Crippen LogP contribution is 2.26. The largest absolute Gasteiger partial charge is 0.444 e. The van der Waals surface area contributed by atoms with Crippen LogP contribution in [0, 0.1) is 0 Å². The number of aromatic nitrogens is 2. The zero-order valence-corrected chi connectivity index (χ0v) is 13.4. The summed E-state index contributed by atoms with van der Waals surface area (Å²) in [4.78, 5) is 13.8. The van der Waals surface area contributed by atoms with Gasteiger partial charge in [0.1, 0.15) is 5.60 Å². The fourth-order valence-electron chi connectivity index (χ4n) is 2.61. The maximum atomic E-state index is 12.0. The summed E-state index contributed by atoms with van der Waals surface area (Å²) in [5.41, 5.74) is 6.57. The Labute approximate surface area is 126 Å². The van der Waals surface area contributed by atoms with Crippen LogP contribution in [0.15, 0.2) is 12.3 Å². The Balaban J connectivity index is 1.94. The van der Waals surface area contributed by atoms with Gasteiger partial charge < -0.3 is 15.4 Å². The van der Waals surface area contributed by atoms with Gasteiger partial charge in [-0.05, 0) is 46.6 Å². The molecule has 0 saturated carbocycles. The zero-order chi connectivity index (χ0) is 15.6. The number of likely N-dealkylation sites (tertiary alicyclic amines) is 1. The van der Waals surface area contributed by atoms with E-state index in [9.17, 15) is 4.79 Å². The van der Waals surface area contributed by atoms with Crippen molar-refractivity contribution in [2.24, 2.45) is 5.73 Å². The fraction of sp³-hybridized carbons (Fsp3) is 0.733.